The number of rotatable bonds is 4. The van der Waals surface area contributed by atoms with E-state index in [1.807, 2.05) is 20.8 Å². The summed E-state index contributed by atoms with van der Waals surface area (Å²) in [6, 6.07) is 6.18. The second-order valence-electron chi connectivity index (χ2n) is 7.37. The number of nitrogens with zero attached hydrogens (tertiary/aromatic N) is 2. The van der Waals surface area contributed by atoms with Crippen molar-refractivity contribution in [1.29, 1.82) is 0 Å². The summed E-state index contributed by atoms with van der Waals surface area (Å²) in [7, 11) is 0. The average Bonchev–Trinajstić information content (AvgIpc) is 2.54. The number of piperidine rings is 1. The van der Waals surface area contributed by atoms with Crippen molar-refractivity contribution in [2.45, 2.75) is 51.7 Å². The van der Waals surface area contributed by atoms with Crippen LogP contribution in [0, 0.1) is 10.1 Å². The Morgan fingerprint density at radius 1 is 1.27 bits per heavy atom. The lowest BCUT2D eigenvalue weighted by Crippen LogP contribution is -2.48. The standard InChI is InChI=1S/C18H25N3O5/c1-18(2,3)26-17(23)20-10-8-14(9-11-20)19-16(22)12-13-6-4-5-7-15(13)21(24)25/h4-7,14H,8-12H2,1-3H3,(H,19,22). The molecule has 0 aliphatic carbocycles. The van der Waals surface area contributed by atoms with E-state index in [0.717, 1.165) is 0 Å². The molecule has 2 rings (SSSR count). The van der Waals surface area contributed by atoms with E-state index in [2.05, 4.69) is 5.32 Å². The minimum Gasteiger partial charge on any atom is -0.444 e. The van der Waals surface area contributed by atoms with E-state index in [4.69, 9.17) is 4.74 Å². The van der Waals surface area contributed by atoms with Crippen LogP contribution in [0.25, 0.3) is 0 Å². The molecular weight excluding hydrogens is 338 g/mol. The number of ether oxygens (including phenoxy) is 1. The molecule has 2 amide bonds. The van der Waals surface area contributed by atoms with E-state index >= 15 is 0 Å². The van der Waals surface area contributed by atoms with Crippen molar-refractivity contribution in [2.24, 2.45) is 0 Å². The van der Waals surface area contributed by atoms with Gasteiger partial charge in [-0.25, -0.2) is 4.79 Å². The van der Waals surface area contributed by atoms with Crippen molar-refractivity contribution >= 4 is 17.7 Å². The molecule has 1 fully saturated rings. The summed E-state index contributed by atoms with van der Waals surface area (Å²) in [6.45, 7) is 6.47. The molecule has 1 aromatic rings. The van der Waals surface area contributed by atoms with E-state index in [-0.39, 0.29) is 30.2 Å². The van der Waals surface area contributed by atoms with Gasteiger partial charge in [0.1, 0.15) is 5.60 Å². The first-order valence-corrected chi connectivity index (χ1v) is 8.65. The molecule has 1 aliphatic heterocycles. The number of carbonyl (C=O) groups excluding carboxylic acids is 2. The lowest BCUT2D eigenvalue weighted by Gasteiger charge is -2.33. The van der Waals surface area contributed by atoms with Crippen LogP contribution in [0.1, 0.15) is 39.2 Å². The van der Waals surface area contributed by atoms with E-state index in [9.17, 15) is 19.7 Å². The van der Waals surface area contributed by atoms with E-state index in [1.165, 1.54) is 6.07 Å². The molecule has 26 heavy (non-hydrogen) atoms. The van der Waals surface area contributed by atoms with Crippen LogP contribution in [-0.4, -0.2) is 46.6 Å². The zero-order valence-corrected chi connectivity index (χ0v) is 15.4. The fourth-order valence-corrected chi connectivity index (χ4v) is 2.82. The highest BCUT2D eigenvalue weighted by Gasteiger charge is 2.27. The molecule has 1 saturated heterocycles. The van der Waals surface area contributed by atoms with Crippen LogP contribution in [0.15, 0.2) is 24.3 Å². The topological polar surface area (TPSA) is 102 Å². The van der Waals surface area contributed by atoms with Crippen molar-refractivity contribution in [2.75, 3.05) is 13.1 Å². The summed E-state index contributed by atoms with van der Waals surface area (Å²) in [4.78, 5) is 36.4. The fourth-order valence-electron chi connectivity index (χ4n) is 2.82. The number of hydrogen-bond acceptors (Lipinski definition) is 5. The predicted molar refractivity (Wildman–Crippen MR) is 95.8 cm³/mol. The Morgan fingerprint density at radius 2 is 1.88 bits per heavy atom. The molecule has 0 radical (unpaired) electrons. The second kappa shape index (κ2) is 8.16. The zero-order chi connectivity index (χ0) is 19.3. The summed E-state index contributed by atoms with van der Waals surface area (Å²) in [5.41, 5.74) is -0.199. The first-order chi connectivity index (χ1) is 12.2. The Bertz CT molecular complexity index is 676. The summed E-state index contributed by atoms with van der Waals surface area (Å²) in [6.07, 6.45) is 0.870. The molecule has 0 aromatic heterocycles. The molecule has 1 heterocycles. The number of nitro groups is 1. The maximum absolute atomic E-state index is 12.2. The average molecular weight is 363 g/mol. The molecule has 0 saturated carbocycles. The first kappa shape index (κ1) is 19.7. The molecule has 0 spiro atoms. The monoisotopic (exact) mass is 363 g/mol. The van der Waals surface area contributed by atoms with Gasteiger partial charge in [0.25, 0.3) is 5.69 Å². The molecule has 1 aromatic carbocycles. The van der Waals surface area contributed by atoms with Crippen LogP contribution in [0.5, 0.6) is 0 Å². The predicted octanol–water partition coefficient (Wildman–Crippen LogP) is 2.65. The summed E-state index contributed by atoms with van der Waals surface area (Å²) < 4.78 is 5.34. The van der Waals surface area contributed by atoms with Gasteiger partial charge in [-0.05, 0) is 33.6 Å². The molecule has 0 unspecified atom stereocenters. The number of likely N-dealkylation sites (tertiary alicyclic amines) is 1. The molecule has 0 bridgehead atoms. The van der Waals surface area contributed by atoms with Crippen molar-refractivity contribution in [3.8, 4) is 0 Å². The lowest BCUT2D eigenvalue weighted by atomic mass is 10.0. The van der Waals surface area contributed by atoms with Crippen LogP contribution >= 0.6 is 0 Å². The van der Waals surface area contributed by atoms with Gasteiger partial charge >= 0.3 is 6.09 Å². The van der Waals surface area contributed by atoms with Crippen molar-refractivity contribution < 1.29 is 19.2 Å². The SMILES string of the molecule is CC(C)(C)OC(=O)N1CCC(NC(=O)Cc2ccccc2[N+](=O)[O-])CC1. The quantitative estimate of drug-likeness (QED) is 0.654. The Labute approximate surface area is 152 Å². The van der Waals surface area contributed by atoms with Crippen LogP contribution < -0.4 is 5.32 Å². The highest BCUT2D eigenvalue weighted by Crippen LogP contribution is 2.19. The van der Waals surface area contributed by atoms with Crippen LogP contribution in [0.4, 0.5) is 10.5 Å². The Hall–Kier alpha value is -2.64. The lowest BCUT2D eigenvalue weighted by molar-refractivity contribution is -0.385. The van der Waals surface area contributed by atoms with Gasteiger partial charge in [0.05, 0.1) is 11.3 Å². The largest absolute Gasteiger partial charge is 0.444 e. The summed E-state index contributed by atoms with van der Waals surface area (Å²) in [5.74, 6) is -0.255. The van der Waals surface area contributed by atoms with Gasteiger partial charge in [0, 0.05) is 30.8 Å². The Kier molecular flexibility index (Phi) is 6.18. The summed E-state index contributed by atoms with van der Waals surface area (Å²) in [5, 5.41) is 13.9. The zero-order valence-electron chi connectivity index (χ0n) is 15.4. The van der Waals surface area contributed by atoms with E-state index in [0.29, 0.717) is 31.5 Å². The summed E-state index contributed by atoms with van der Waals surface area (Å²) >= 11 is 0. The smallest absolute Gasteiger partial charge is 0.410 e. The number of carbonyl (C=O) groups is 2. The number of hydrogen-bond donors (Lipinski definition) is 1. The number of benzene rings is 1. The Balaban J connectivity index is 1.83. The first-order valence-electron chi connectivity index (χ1n) is 8.65. The number of nitro benzene ring substituents is 1. The van der Waals surface area contributed by atoms with Crippen LogP contribution in [-0.2, 0) is 16.0 Å². The maximum atomic E-state index is 12.2. The Morgan fingerprint density at radius 3 is 2.46 bits per heavy atom. The van der Waals surface area contributed by atoms with Gasteiger partial charge in [0.15, 0.2) is 0 Å². The van der Waals surface area contributed by atoms with Gasteiger partial charge in [-0.15, -0.1) is 0 Å². The van der Waals surface area contributed by atoms with Crippen LogP contribution in [0.3, 0.4) is 0 Å². The van der Waals surface area contributed by atoms with Gasteiger partial charge in [-0.1, -0.05) is 18.2 Å². The maximum Gasteiger partial charge on any atom is 0.410 e. The highest BCUT2D eigenvalue weighted by molar-refractivity contribution is 5.80. The van der Waals surface area contributed by atoms with E-state index < -0.39 is 10.5 Å². The van der Waals surface area contributed by atoms with Gasteiger partial charge in [-0.3, -0.25) is 14.9 Å². The number of nitrogens with one attached hydrogen (secondary N) is 1. The van der Waals surface area contributed by atoms with Crippen molar-refractivity contribution in [1.82, 2.24) is 10.2 Å². The van der Waals surface area contributed by atoms with Gasteiger partial charge in [-0.2, -0.15) is 0 Å². The molecule has 8 heteroatoms. The molecule has 1 N–H and O–H groups in total. The third-order valence-electron chi connectivity index (χ3n) is 4.05. The minimum absolute atomic E-state index is 0.0383. The van der Waals surface area contributed by atoms with Gasteiger partial charge in [0.2, 0.25) is 5.91 Å². The number of amides is 2. The third-order valence-corrected chi connectivity index (χ3v) is 4.05. The fraction of sp³-hybridized carbons (Fsp3) is 0.556. The van der Waals surface area contributed by atoms with E-state index in [1.54, 1.807) is 23.1 Å². The third kappa shape index (κ3) is 5.72. The van der Waals surface area contributed by atoms with Crippen molar-refractivity contribution in [3.05, 3.63) is 39.9 Å². The highest BCUT2D eigenvalue weighted by atomic mass is 16.6. The normalized spacial score (nSPS) is 15.4. The molecular formula is C18H25N3O5. The molecule has 1 aliphatic rings. The number of para-hydroxylation sites is 1. The minimum atomic E-state index is -0.535. The van der Waals surface area contributed by atoms with Gasteiger partial charge < -0.3 is 15.0 Å². The van der Waals surface area contributed by atoms with Crippen LogP contribution in [0.2, 0.25) is 0 Å². The molecule has 142 valence electrons. The molecule has 0 atom stereocenters. The van der Waals surface area contributed by atoms with Crippen molar-refractivity contribution in [3.63, 3.8) is 0 Å². The molecule has 8 nitrogen and oxygen atoms in total. The second-order valence-corrected chi connectivity index (χ2v) is 7.37.